The van der Waals surface area contributed by atoms with Crippen molar-refractivity contribution < 1.29 is 0 Å². The van der Waals surface area contributed by atoms with Crippen LogP contribution >= 0.6 is 23.2 Å². The zero-order valence-corrected chi connectivity index (χ0v) is 25.6. The van der Waals surface area contributed by atoms with Crippen LogP contribution in [0.4, 0.5) is 0 Å². The van der Waals surface area contributed by atoms with Gasteiger partial charge in [-0.25, -0.2) is 0 Å². The predicted octanol–water partition coefficient (Wildman–Crippen LogP) is 10.7. The molecule has 1 aliphatic heterocycles. The van der Waals surface area contributed by atoms with Gasteiger partial charge in [0.25, 0.3) is 0 Å². The van der Waals surface area contributed by atoms with Crippen LogP contribution in [0.15, 0.2) is 127 Å². The van der Waals surface area contributed by atoms with Crippen LogP contribution in [-0.2, 0) is 13.1 Å². The van der Waals surface area contributed by atoms with Gasteiger partial charge in [-0.15, -0.1) is 0 Å². The minimum Gasteiger partial charge on any atom is -0.336 e. The topological polar surface area (TPSA) is 8.17 Å². The molecule has 0 atom stereocenters. The van der Waals surface area contributed by atoms with Gasteiger partial charge < -0.3 is 4.57 Å². The van der Waals surface area contributed by atoms with Crippen LogP contribution in [0, 0.1) is 0 Å². The van der Waals surface area contributed by atoms with Crippen molar-refractivity contribution in [3.63, 3.8) is 0 Å². The fraction of sp³-hybridized carbons (Fsp3) is 0.179. The summed E-state index contributed by atoms with van der Waals surface area (Å²) < 4.78 is 2.52. The summed E-state index contributed by atoms with van der Waals surface area (Å²) in [5, 5.41) is 2.91. The van der Waals surface area contributed by atoms with Crippen LogP contribution in [0.25, 0.3) is 33.3 Å². The average molecular weight is 602 g/mol. The van der Waals surface area contributed by atoms with E-state index in [4.69, 9.17) is 23.2 Å². The van der Waals surface area contributed by atoms with E-state index in [0.29, 0.717) is 5.92 Å². The Bertz CT molecular complexity index is 1810. The molecule has 0 aliphatic carbocycles. The number of hydrogen-bond acceptors (Lipinski definition) is 1. The Morgan fingerprint density at radius 2 is 1.14 bits per heavy atom. The number of halogens is 2. The largest absolute Gasteiger partial charge is 0.336 e. The van der Waals surface area contributed by atoms with Crippen molar-refractivity contribution in [1.82, 2.24) is 9.47 Å². The van der Waals surface area contributed by atoms with Crippen LogP contribution < -0.4 is 0 Å². The van der Waals surface area contributed by atoms with Crippen LogP contribution in [0.1, 0.15) is 35.4 Å². The SMILES string of the molecule is Clc1cccc(Cl)c1C1CCN(Cc2c(-c3ccccc3)n(Cc3ccc(-c4ccccc4)cc3)c3ccccc23)CC1. The van der Waals surface area contributed by atoms with Crippen LogP contribution in [0.2, 0.25) is 10.0 Å². The van der Waals surface area contributed by atoms with E-state index in [-0.39, 0.29) is 0 Å². The molecule has 43 heavy (non-hydrogen) atoms. The first-order valence-electron chi connectivity index (χ1n) is 15.1. The summed E-state index contributed by atoms with van der Waals surface area (Å²) in [5.41, 5.74) is 10.1. The quantitative estimate of drug-likeness (QED) is 0.177. The smallest absolute Gasteiger partial charge is 0.0540 e. The third-order valence-electron chi connectivity index (χ3n) is 8.90. The number of hydrogen-bond donors (Lipinski definition) is 0. The lowest BCUT2D eigenvalue weighted by atomic mass is 9.89. The molecule has 0 N–H and O–H groups in total. The number of piperidine rings is 1. The molecule has 0 bridgehead atoms. The Morgan fingerprint density at radius 3 is 1.81 bits per heavy atom. The van der Waals surface area contributed by atoms with Crippen LogP contribution in [-0.4, -0.2) is 22.6 Å². The van der Waals surface area contributed by atoms with Gasteiger partial charge in [0, 0.05) is 34.0 Å². The minimum atomic E-state index is 0.395. The van der Waals surface area contributed by atoms with Crippen molar-refractivity contribution in [2.75, 3.05) is 13.1 Å². The zero-order chi connectivity index (χ0) is 29.2. The molecule has 1 aromatic heterocycles. The maximum absolute atomic E-state index is 6.59. The van der Waals surface area contributed by atoms with Crippen LogP contribution in [0.3, 0.4) is 0 Å². The van der Waals surface area contributed by atoms with E-state index in [1.165, 1.54) is 44.4 Å². The van der Waals surface area contributed by atoms with Crippen molar-refractivity contribution in [2.45, 2.75) is 31.8 Å². The Labute approximate surface area is 264 Å². The Kier molecular flexibility index (Phi) is 8.08. The number of benzene rings is 5. The summed E-state index contributed by atoms with van der Waals surface area (Å²) in [5.74, 6) is 0.395. The molecule has 0 amide bonds. The highest BCUT2D eigenvalue weighted by atomic mass is 35.5. The van der Waals surface area contributed by atoms with Gasteiger partial charge in [0.2, 0.25) is 0 Å². The summed E-state index contributed by atoms with van der Waals surface area (Å²) in [4.78, 5) is 2.61. The van der Waals surface area contributed by atoms with Gasteiger partial charge in [0.1, 0.15) is 0 Å². The molecule has 5 aromatic carbocycles. The second kappa shape index (κ2) is 12.4. The van der Waals surface area contributed by atoms with E-state index in [1.54, 1.807) is 0 Å². The van der Waals surface area contributed by atoms with Crippen molar-refractivity contribution in [3.8, 4) is 22.4 Å². The Balaban J connectivity index is 1.22. The highest BCUT2D eigenvalue weighted by Crippen LogP contribution is 2.40. The fourth-order valence-electron chi connectivity index (χ4n) is 6.75. The van der Waals surface area contributed by atoms with Crippen molar-refractivity contribution in [1.29, 1.82) is 0 Å². The molecule has 2 nitrogen and oxygen atoms in total. The van der Waals surface area contributed by atoms with Gasteiger partial charge in [-0.2, -0.15) is 0 Å². The number of rotatable bonds is 7. The molecular formula is C39H34Cl2N2. The lowest BCUT2D eigenvalue weighted by Crippen LogP contribution is -2.32. The molecule has 6 aromatic rings. The Hall–Kier alpha value is -3.82. The highest BCUT2D eigenvalue weighted by molar-refractivity contribution is 6.36. The molecule has 0 radical (unpaired) electrons. The lowest BCUT2D eigenvalue weighted by Gasteiger charge is -2.33. The zero-order valence-electron chi connectivity index (χ0n) is 24.1. The fourth-order valence-corrected chi connectivity index (χ4v) is 7.45. The summed E-state index contributed by atoms with van der Waals surface area (Å²) in [6.45, 7) is 3.75. The molecule has 1 fully saturated rings. The van der Waals surface area contributed by atoms with Gasteiger partial charge in [0.15, 0.2) is 0 Å². The maximum atomic E-state index is 6.59. The monoisotopic (exact) mass is 600 g/mol. The first-order valence-corrected chi connectivity index (χ1v) is 15.9. The van der Waals surface area contributed by atoms with Crippen molar-refractivity contribution in [2.24, 2.45) is 0 Å². The third kappa shape index (κ3) is 5.76. The van der Waals surface area contributed by atoms with Crippen LogP contribution in [0.5, 0.6) is 0 Å². The average Bonchev–Trinajstić information content (AvgIpc) is 3.35. The second-order valence-electron chi connectivity index (χ2n) is 11.5. The molecule has 0 unspecified atom stereocenters. The van der Waals surface area contributed by atoms with Crippen molar-refractivity contribution >= 4 is 34.1 Å². The summed E-state index contributed by atoms with van der Waals surface area (Å²) in [6.07, 6.45) is 2.10. The van der Waals surface area contributed by atoms with E-state index in [9.17, 15) is 0 Å². The van der Waals surface area contributed by atoms with E-state index < -0.39 is 0 Å². The van der Waals surface area contributed by atoms with E-state index in [0.717, 1.165) is 54.6 Å². The molecule has 1 aliphatic rings. The molecule has 0 saturated carbocycles. The number of aromatic nitrogens is 1. The number of para-hydroxylation sites is 1. The molecule has 2 heterocycles. The summed E-state index contributed by atoms with van der Waals surface area (Å²) in [6, 6.07) is 45.3. The first kappa shape index (κ1) is 28.0. The van der Waals surface area contributed by atoms with E-state index in [2.05, 4.69) is 119 Å². The summed E-state index contributed by atoms with van der Waals surface area (Å²) >= 11 is 13.2. The summed E-state index contributed by atoms with van der Waals surface area (Å²) in [7, 11) is 0. The van der Waals surface area contributed by atoms with E-state index >= 15 is 0 Å². The molecule has 4 heteroatoms. The molecular weight excluding hydrogens is 567 g/mol. The first-order chi connectivity index (χ1) is 21.2. The maximum Gasteiger partial charge on any atom is 0.0540 e. The molecule has 1 saturated heterocycles. The van der Waals surface area contributed by atoms with Gasteiger partial charge in [-0.1, -0.05) is 132 Å². The molecule has 214 valence electrons. The predicted molar refractivity (Wildman–Crippen MR) is 182 cm³/mol. The van der Waals surface area contributed by atoms with Gasteiger partial charge in [0.05, 0.1) is 5.69 Å². The Morgan fingerprint density at radius 1 is 0.558 bits per heavy atom. The number of fused-ring (bicyclic) bond motifs is 1. The third-order valence-corrected chi connectivity index (χ3v) is 9.56. The van der Waals surface area contributed by atoms with E-state index in [1.807, 2.05) is 18.2 Å². The molecule has 7 rings (SSSR count). The van der Waals surface area contributed by atoms with Gasteiger partial charge in [-0.3, -0.25) is 4.90 Å². The normalized spacial score (nSPS) is 14.4. The van der Waals surface area contributed by atoms with Gasteiger partial charge in [-0.05, 0) is 83.4 Å². The molecule has 0 spiro atoms. The lowest BCUT2D eigenvalue weighted by molar-refractivity contribution is 0.205. The minimum absolute atomic E-state index is 0.395. The second-order valence-corrected chi connectivity index (χ2v) is 12.4. The standard InChI is InChI=1S/C39H34Cl2N2/c40-35-15-9-16-36(41)38(35)31-22-24-42(25-23-31)27-34-33-14-7-8-17-37(33)43(39(34)32-12-5-2-6-13-32)26-28-18-20-30(21-19-28)29-10-3-1-4-11-29/h1-21,31H,22-27H2. The number of nitrogens with zero attached hydrogens (tertiary/aromatic N) is 2. The highest BCUT2D eigenvalue weighted by Gasteiger charge is 2.26. The van der Waals surface area contributed by atoms with Crippen molar-refractivity contribution in [3.05, 3.63) is 154 Å². The number of likely N-dealkylation sites (tertiary alicyclic amines) is 1. The van der Waals surface area contributed by atoms with Gasteiger partial charge >= 0.3 is 0 Å².